The van der Waals surface area contributed by atoms with Gasteiger partial charge in [-0.15, -0.1) is 0 Å². The molecule has 5 nitrogen and oxygen atoms in total. The smallest absolute Gasteiger partial charge is 0.264 e. The van der Waals surface area contributed by atoms with E-state index in [1.165, 1.54) is 0 Å². The van der Waals surface area contributed by atoms with Crippen LogP contribution in [0.15, 0.2) is 43.0 Å². The predicted octanol–water partition coefficient (Wildman–Crippen LogP) is 0.553. The Morgan fingerprint density at radius 2 is 2.06 bits per heavy atom. The van der Waals surface area contributed by atoms with Gasteiger partial charge in [0.05, 0.1) is 0 Å². The summed E-state index contributed by atoms with van der Waals surface area (Å²) >= 11 is 0. The third-order valence-electron chi connectivity index (χ3n) is 1.99. The SMILES string of the molecule is C[n+]1cccc(C(=O)Nc2ncccn2)c1. The van der Waals surface area contributed by atoms with Gasteiger partial charge >= 0.3 is 0 Å². The van der Waals surface area contributed by atoms with Crippen LogP contribution in [0.2, 0.25) is 0 Å². The molecule has 0 spiro atoms. The second kappa shape index (κ2) is 4.48. The highest BCUT2D eigenvalue weighted by Crippen LogP contribution is 2.00. The van der Waals surface area contributed by atoms with E-state index >= 15 is 0 Å². The van der Waals surface area contributed by atoms with Crippen LogP contribution in [0.5, 0.6) is 0 Å². The van der Waals surface area contributed by atoms with Gasteiger partial charge < -0.3 is 0 Å². The van der Waals surface area contributed by atoms with E-state index in [4.69, 9.17) is 0 Å². The standard InChI is InChI=1S/C11H10N4O/c1-15-7-2-4-9(8-15)10(16)14-11-12-5-3-6-13-11/h2-8H,1H3/p+1. The fraction of sp³-hybridized carbons (Fsp3) is 0.0909. The summed E-state index contributed by atoms with van der Waals surface area (Å²) in [6.07, 6.45) is 6.75. The molecule has 0 unspecified atom stereocenters. The molecule has 0 atom stereocenters. The second-order valence-corrected chi connectivity index (χ2v) is 3.28. The molecule has 2 heterocycles. The zero-order valence-corrected chi connectivity index (χ0v) is 8.79. The highest BCUT2D eigenvalue weighted by molar-refractivity contribution is 6.02. The lowest BCUT2D eigenvalue weighted by atomic mass is 10.3. The van der Waals surface area contributed by atoms with Crippen molar-refractivity contribution in [3.63, 3.8) is 0 Å². The van der Waals surface area contributed by atoms with Crippen LogP contribution in [0.4, 0.5) is 5.95 Å². The molecule has 0 aliphatic carbocycles. The molecule has 80 valence electrons. The Hall–Kier alpha value is -2.30. The molecule has 5 heteroatoms. The Bertz CT molecular complexity index is 498. The Balaban J connectivity index is 2.15. The van der Waals surface area contributed by atoms with Gasteiger partial charge in [-0.2, -0.15) is 0 Å². The van der Waals surface area contributed by atoms with Crippen molar-refractivity contribution >= 4 is 11.9 Å². The van der Waals surface area contributed by atoms with Crippen LogP contribution in [0.3, 0.4) is 0 Å². The summed E-state index contributed by atoms with van der Waals surface area (Å²) in [5.74, 6) is 0.0846. The van der Waals surface area contributed by atoms with E-state index in [9.17, 15) is 4.79 Å². The molecule has 0 fully saturated rings. The molecule has 0 aliphatic rings. The molecule has 1 amide bonds. The first-order valence-corrected chi connectivity index (χ1v) is 4.79. The number of hydrogen-bond acceptors (Lipinski definition) is 3. The number of nitrogens with one attached hydrogen (secondary N) is 1. The Kier molecular flexibility index (Phi) is 2.86. The van der Waals surface area contributed by atoms with Crippen LogP contribution in [0, 0.1) is 0 Å². The predicted molar refractivity (Wildman–Crippen MR) is 57.6 cm³/mol. The van der Waals surface area contributed by atoms with Crippen molar-refractivity contribution in [3.05, 3.63) is 48.5 Å². The molecule has 1 N–H and O–H groups in total. The molecule has 0 bridgehead atoms. The number of anilines is 1. The van der Waals surface area contributed by atoms with Gasteiger partial charge in [0.25, 0.3) is 5.91 Å². The number of hydrogen-bond donors (Lipinski definition) is 1. The maximum atomic E-state index is 11.8. The van der Waals surface area contributed by atoms with Crippen LogP contribution < -0.4 is 9.88 Å². The normalized spacial score (nSPS) is 9.81. The zero-order chi connectivity index (χ0) is 11.4. The molecule has 0 aliphatic heterocycles. The summed E-state index contributed by atoms with van der Waals surface area (Å²) in [6.45, 7) is 0. The largest absolute Gasteiger partial charge is 0.290 e. The number of carbonyl (C=O) groups excluding carboxylic acids is 1. The van der Waals surface area contributed by atoms with Crippen LogP contribution in [-0.4, -0.2) is 15.9 Å². The summed E-state index contributed by atoms with van der Waals surface area (Å²) in [5, 5.41) is 2.61. The number of aromatic nitrogens is 3. The molecule has 0 radical (unpaired) electrons. The number of amides is 1. The average Bonchev–Trinajstić information content (AvgIpc) is 2.30. The summed E-state index contributed by atoms with van der Waals surface area (Å²) in [4.78, 5) is 19.6. The third kappa shape index (κ3) is 2.38. The lowest BCUT2D eigenvalue weighted by Gasteiger charge is -2.01. The highest BCUT2D eigenvalue weighted by atomic mass is 16.1. The van der Waals surface area contributed by atoms with E-state index in [0.717, 1.165) is 0 Å². The van der Waals surface area contributed by atoms with Crippen molar-refractivity contribution in [1.82, 2.24) is 9.97 Å². The van der Waals surface area contributed by atoms with Gasteiger partial charge in [-0.05, 0) is 12.1 Å². The second-order valence-electron chi connectivity index (χ2n) is 3.28. The monoisotopic (exact) mass is 215 g/mol. The molecule has 0 saturated carbocycles. The van der Waals surface area contributed by atoms with E-state index in [-0.39, 0.29) is 5.91 Å². The molecule has 2 aromatic rings. The Morgan fingerprint density at radius 3 is 2.75 bits per heavy atom. The van der Waals surface area contributed by atoms with Crippen molar-refractivity contribution in [1.29, 1.82) is 0 Å². The molecular formula is C11H11N4O+. The van der Waals surface area contributed by atoms with Gasteiger partial charge in [-0.25, -0.2) is 14.5 Å². The maximum Gasteiger partial charge on any atom is 0.264 e. The lowest BCUT2D eigenvalue weighted by molar-refractivity contribution is -0.671. The van der Waals surface area contributed by atoms with E-state index < -0.39 is 0 Å². The average molecular weight is 215 g/mol. The van der Waals surface area contributed by atoms with Gasteiger partial charge in [0.1, 0.15) is 12.6 Å². The molecule has 2 rings (SSSR count). The Labute approximate surface area is 92.8 Å². The molecular weight excluding hydrogens is 204 g/mol. The number of nitrogens with zero attached hydrogens (tertiary/aromatic N) is 3. The van der Waals surface area contributed by atoms with Gasteiger partial charge in [0.2, 0.25) is 5.95 Å². The van der Waals surface area contributed by atoms with E-state index in [0.29, 0.717) is 11.5 Å². The Morgan fingerprint density at radius 1 is 1.31 bits per heavy atom. The van der Waals surface area contributed by atoms with Gasteiger partial charge in [0, 0.05) is 18.5 Å². The third-order valence-corrected chi connectivity index (χ3v) is 1.99. The van der Waals surface area contributed by atoms with Crippen LogP contribution >= 0.6 is 0 Å². The first kappa shape index (κ1) is 10.2. The van der Waals surface area contributed by atoms with Gasteiger partial charge in [-0.3, -0.25) is 10.1 Å². The van der Waals surface area contributed by atoms with Crippen LogP contribution in [-0.2, 0) is 7.05 Å². The van der Waals surface area contributed by atoms with Gasteiger partial charge in [-0.1, -0.05) is 0 Å². The minimum Gasteiger partial charge on any atom is -0.290 e. The fourth-order valence-corrected chi connectivity index (χ4v) is 1.26. The highest BCUT2D eigenvalue weighted by Gasteiger charge is 2.09. The van der Waals surface area contributed by atoms with Crippen molar-refractivity contribution in [2.45, 2.75) is 0 Å². The molecule has 2 aromatic heterocycles. The number of aryl methyl sites for hydroxylation is 1. The quantitative estimate of drug-likeness (QED) is 0.744. The summed E-state index contributed by atoms with van der Waals surface area (Å²) in [6, 6.07) is 5.23. The zero-order valence-electron chi connectivity index (χ0n) is 8.79. The lowest BCUT2D eigenvalue weighted by Crippen LogP contribution is -2.29. The number of rotatable bonds is 2. The fourth-order valence-electron chi connectivity index (χ4n) is 1.26. The van der Waals surface area contributed by atoms with Crippen molar-refractivity contribution < 1.29 is 9.36 Å². The van der Waals surface area contributed by atoms with E-state index in [1.807, 2.05) is 13.2 Å². The summed E-state index contributed by atoms with van der Waals surface area (Å²) < 4.78 is 1.81. The van der Waals surface area contributed by atoms with Gasteiger partial charge in [0.15, 0.2) is 12.4 Å². The molecule has 16 heavy (non-hydrogen) atoms. The van der Waals surface area contributed by atoms with E-state index in [1.54, 1.807) is 41.4 Å². The van der Waals surface area contributed by atoms with Crippen LogP contribution in [0.1, 0.15) is 10.4 Å². The maximum absolute atomic E-state index is 11.8. The minimum absolute atomic E-state index is 0.220. The van der Waals surface area contributed by atoms with Crippen molar-refractivity contribution in [3.8, 4) is 0 Å². The van der Waals surface area contributed by atoms with Crippen LogP contribution in [0.25, 0.3) is 0 Å². The summed E-state index contributed by atoms with van der Waals surface area (Å²) in [5.41, 5.74) is 0.567. The first-order valence-electron chi connectivity index (χ1n) is 4.79. The van der Waals surface area contributed by atoms with Crippen molar-refractivity contribution in [2.24, 2.45) is 7.05 Å². The first-order chi connectivity index (χ1) is 7.75. The van der Waals surface area contributed by atoms with Crippen molar-refractivity contribution in [2.75, 3.05) is 5.32 Å². The summed E-state index contributed by atoms with van der Waals surface area (Å²) in [7, 11) is 1.86. The number of carbonyl (C=O) groups is 1. The molecule has 0 aromatic carbocycles. The topological polar surface area (TPSA) is 58.8 Å². The molecule has 0 saturated heterocycles. The number of pyridine rings is 1. The minimum atomic E-state index is -0.220. The van der Waals surface area contributed by atoms with E-state index in [2.05, 4.69) is 15.3 Å².